The van der Waals surface area contributed by atoms with E-state index >= 15 is 0 Å². The number of nitrogens with one attached hydrogen (secondary N) is 2. The fourth-order valence-electron chi connectivity index (χ4n) is 3.88. The Labute approximate surface area is 185 Å². The zero-order chi connectivity index (χ0) is 22.1. The van der Waals surface area contributed by atoms with Crippen LogP contribution in [0.1, 0.15) is 79.7 Å². The van der Waals surface area contributed by atoms with E-state index in [1.807, 2.05) is 0 Å². The normalized spacial score (nSPS) is 16.7. The lowest BCUT2D eigenvalue weighted by Gasteiger charge is -2.33. The van der Waals surface area contributed by atoms with Gasteiger partial charge in [0, 0.05) is 17.5 Å². The fraction of sp³-hybridized carbons (Fsp3) is 0.545. The fourth-order valence-corrected chi connectivity index (χ4v) is 5.36. The number of unbranched alkanes of at least 4 members (excludes halogenated alkanes) is 1. The Hall–Kier alpha value is -2.06. The summed E-state index contributed by atoms with van der Waals surface area (Å²) in [7, 11) is 0. The summed E-state index contributed by atoms with van der Waals surface area (Å²) in [6, 6.07) is 0. The molecule has 0 bridgehead atoms. The molecule has 1 aliphatic carbocycles. The van der Waals surface area contributed by atoms with Crippen LogP contribution in [0.4, 0.5) is 5.00 Å². The number of rotatable bonds is 6. The number of hydrogen-bond donors (Lipinski definition) is 3. The molecule has 0 aromatic carbocycles. The predicted molar refractivity (Wildman–Crippen MR) is 124 cm³/mol. The third kappa shape index (κ3) is 4.81. The van der Waals surface area contributed by atoms with Crippen molar-refractivity contribution in [3.05, 3.63) is 36.7 Å². The van der Waals surface area contributed by atoms with Gasteiger partial charge in [0.15, 0.2) is 10.6 Å². The smallest absolute Gasteiger partial charge is 0.264 e. The van der Waals surface area contributed by atoms with E-state index in [1.165, 1.54) is 22.4 Å². The Bertz CT molecular complexity index is 1090. The number of carbonyl (C=O) groups is 1. The van der Waals surface area contributed by atoms with Crippen molar-refractivity contribution in [3.8, 4) is 5.88 Å². The predicted octanol–water partition coefficient (Wildman–Crippen LogP) is 5.47. The number of hydrogen-bond acceptors (Lipinski definition) is 6. The van der Waals surface area contributed by atoms with Gasteiger partial charge in [-0.3, -0.25) is 14.6 Å². The SMILES string of the molecule is CCCCC(=O)c1c(N=Cc2c(O)[nH]c(=S)[nH]c2=O)sc2c1CC[C@H](C(C)(C)C)C2. The van der Waals surface area contributed by atoms with Gasteiger partial charge >= 0.3 is 0 Å². The molecular formula is C22H29N3O3S2. The van der Waals surface area contributed by atoms with Crippen LogP contribution in [0.25, 0.3) is 0 Å². The van der Waals surface area contributed by atoms with Crippen LogP contribution < -0.4 is 5.56 Å². The first-order valence-corrected chi connectivity index (χ1v) is 11.6. The molecule has 0 amide bonds. The number of aliphatic imine (C=N–C) groups is 1. The lowest BCUT2D eigenvalue weighted by atomic mass is 9.72. The second kappa shape index (κ2) is 8.98. The molecule has 3 rings (SSSR count). The molecule has 0 saturated heterocycles. The number of ketones is 1. The zero-order valence-corrected chi connectivity index (χ0v) is 19.6. The van der Waals surface area contributed by atoms with Gasteiger partial charge in [-0.25, -0.2) is 4.99 Å². The monoisotopic (exact) mass is 447 g/mol. The minimum atomic E-state index is -0.520. The quantitative estimate of drug-likeness (QED) is 0.310. The van der Waals surface area contributed by atoms with E-state index in [0.29, 0.717) is 22.9 Å². The maximum absolute atomic E-state index is 13.0. The summed E-state index contributed by atoms with van der Waals surface area (Å²) in [6.45, 7) is 8.85. The highest BCUT2D eigenvalue weighted by Gasteiger charge is 2.33. The molecule has 2 aromatic heterocycles. The van der Waals surface area contributed by atoms with E-state index in [1.54, 1.807) is 0 Å². The van der Waals surface area contributed by atoms with E-state index in [2.05, 4.69) is 42.7 Å². The third-order valence-electron chi connectivity index (χ3n) is 5.78. The maximum Gasteiger partial charge on any atom is 0.264 e. The first-order valence-electron chi connectivity index (χ1n) is 10.4. The van der Waals surface area contributed by atoms with E-state index in [9.17, 15) is 14.7 Å². The summed E-state index contributed by atoms with van der Waals surface area (Å²) in [5, 5.41) is 10.7. The second-order valence-corrected chi connectivity index (χ2v) is 10.4. The highest BCUT2D eigenvalue weighted by atomic mass is 32.1. The lowest BCUT2D eigenvalue weighted by Crippen LogP contribution is -2.26. The van der Waals surface area contributed by atoms with E-state index < -0.39 is 5.56 Å². The Balaban J connectivity index is 2.03. The summed E-state index contributed by atoms with van der Waals surface area (Å²) in [6.07, 6.45) is 6.48. The number of Topliss-reactive ketones (excluding diaryl/α,β-unsaturated/α-hetero) is 1. The molecule has 0 radical (unpaired) electrons. The second-order valence-electron chi connectivity index (χ2n) is 8.95. The van der Waals surface area contributed by atoms with Crippen molar-refractivity contribution in [2.45, 2.75) is 66.2 Å². The number of H-pyrrole nitrogens is 2. The van der Waals surface area contributed by atoms with Crippen LogP contribution in [-0.2, 0) is 12.8 Å². The van der Waals surface area contributed by atoms with Crippen LogP contribution in [0.5, 0.6) is 5.88 Å². The minimum absolute atomic E-state index is 0.00510. The zero-order valence-electron chi connectivity index (χ0n) is 17.9. The number of nitrogens with zero attached hydrogens (tertiary/aromatic N) is 1. The third-order valence-corrected chi connectivity index (χ3v) is 7.14. The molecule has 3 N–H and O–H groups in total. The molecular weight excluding hydrogens is 418 g/mol. The average molecular weight is 448 g/mol. The number of fused-ring (bicyclic) bond motifs is 1. The molecule has 2 aromatic rings. The Morgan fingerprint density at radius 1 is 1.37 bits per heavy atom. The number of aromatic hydroxyl groups is 1. The summed E-state index contributed by atoms with van der Waals surface area (Å²) < 4.78 is 0.0462. The van der Waals surface area contributed by atoms with Gasteiger partial charge < -0.3 is 10.1 Å². The number of thiophene rings is 1. The maximum atomic E-state index is 13.0. The van der Waals surface area contributed by atoms with E-state index in [0.717, 1.165) is 37.7 Å². The van der Waals surface area contributed by atoms with Crippen LogP contribution in [0.15, 0.2) is 9.79 Å². The van der Waals surface area contributed by atoms with Gasteiger partial charge in [-0.1, -0.05) is 34.1 Å². The Kier molecular flexibility index (Phi) is 6.77. The molecule has 0 aliphatic heterocycles. The number of carbonyl (C=O) groups excluding carboxylic acids is 1. The van der Waals surface area contributed by atoms with E-state index in [4.69, 9.17) is 12.2 Å². The molecule has 0 fully saturated rings. The largest absolute Gasteiger partial charge is 0.494 e. The first kappa shape index (κ1) is 22.6. The van der Waals surface area contributed by atoms with Crippen molar-refractivity contribution in [2.24, 2.45) is 16.3 Å². The number of aromatic nitrogens is 2. The van der Waals surface area contributed by atoms with Gasteiger partial charge in [0.1, 0.15) is 10.6 Å². The van der Waals surface area contributed by atoms with Gasteiger partial charge in [0.25, 0.3) is 5.56 Å². The molecule has 162 valence electrons. The molecule has 2 heterocycles. The van der Waals surface area contributed by atoms with Crippen molar-refractivity contribution in [3.63, 3.8) is 0 Å². The van der Waals surface area contributed by atoms with Crippen LogP contribution in [-0.4, -0.2) is 27.1 Å². The molecule has 8 heteroatoms. The topological polar surface area (TPSA) is 98.3 Å². The van der Waals surface area contributed by atoms with Gasteiger partial charge in [0.2, 0.25) is 5.88 Å². The Morgan fingerprint density at radius 2 is 2.10 bits per heavy atom. The minimum Gasteiger partial charge on any atom is -0.494 e. The Morgan fingerprint density at radius 3 is 2.73 bits per heavy atom. The molecule has 30 heavy (non-hydrogen) atoms. The van der Waals surface area contributed by atoms with Crippen LogP contribution >= 0.6 is 23.6 Å². The first-order chi connectivity index (χ1) is 14.1. The highest BCUT2D eigenvalue weighted by molar-refractivity contribution is 7.71. The van der Waals surface area contributed by atoms with Crippen LogP contribution in [0, 0.1) is 16.1 Å². The molecule has 0 saturated carbocycles. The van der Waals surface area contributed by atoms with Crippen molar-refractivity contribution >= 4 is 40.6 Å². The van der Waals surface area contributed by atoms with Crippen molar-refractivity contribution in [2.75, 3.05) is 0 Å². The summed E-state index contributed by atoms with van der Waals surface area (Å²) in [5.74, 6) is 0.335. The van der Waals surface area contributed by atoms with Gasteiger partial charge in [0.05, 0.1) is 5.56 Å². The summed E-state index contributed by atoms with van der Waals surface area (Å²) in [4.78, 5) is 35.8. The lowest BCUT2D eigenvalue weighted by molar-refractivity contribution is 0.0979. The van der Waals surface area contributed by atoms with Crippen molar-refractivity contribution in [1.82, 2.24) is 9.97 Å². The van der Waals surface area contributed by atoms with Gasteiger partial charge in [-0.2, -0.15) is 0 Å². The highest BCUT2D eigenvalue weighted by Crippen LogP contribution is 2.45. The van der Waals surface area contributed by atoms with Crippen molar-refractivity contribution < 1.29 is 9.90 Å². The summed E-state index contributed by atoms with van der Waals surface area (Å²) in [5.41, 5.74) is 1.51. The molecule has 0 unspecified atom stereocenters. The molecule has 1 atom stereocenters. The number of aromatic amines is 2. The summed E-state index contributed by atoms with van der Waals surface area (Å²) >= 11 is 6.40. The van der Waals surface area contributed by atoms with Crippen LogP contribution in [0.2, 0.25) is 0 Å². The van der Waals surface area contributed by atoms with Gasteiger partial charge in [-0.15, -0.1) is 11.3 Å². The molecule has 1 aliphatic rings. The molecule has 6 nitrogen and oxygen atoms in total. The van der Waals surface area contributed by atoms with Crippen LogP contribution in [0.3, 0.4) is 0 Å². The standard InChI is InChI=1S/C22H29N3O3S2/c1-5-6-7-15(26)17-13-9-8-12(22(2,3)4)10-16(13)30-20(17)23-11-14-18(27)24-21(29)25-19(14)28/h11-12H,5-10H2,1-4H3,(H3,24,25,27,28,29)/t12-/m0/s1. The van der Waals surface area contributed by atoms with Crippen molar-refractivity contribution in [1.29, 1.82) is 0 Å². The van der Waals surface area contributed by atoms with E-state index in [-0.39, 0.29) is 27.4 Å². The average Bonchev–Trinajstić information content (AvgIpc) is 3.02. The van der Waals surface area contributed by atoms with Gasteiger partial charge in [-0.05, 0) is 54.8 Å². The molecule has 0 spiro atoms.